The number of unbranched alkanes of at least 4 members (excludes halogenated alkanes) is 9. The van der Waals surface area contributed by atoms with Crippen molar-refractivity contribution in [3.63, 3.8) is 0 Å². The predicted octanol–water partition coefficient (Wildman–Crippen LogP) is -2.63. The topological polar surface area (TPSA) is 92.8 Å². The van der Waals surface area contributed by atoms with E-state index in [4.69, 9.17) is 22.3 Å². The van der Waals surface area contributed by atoms with Crippen LogP contribution in [0.2, 0.25) is 0 Å². The SMILES string of the molecule is CCCCCCCCCCCCC1CO1.O=S(=O)([O-])[O-].[Na+].[Na+]. The van der Waals surface area contributed by atoms with Crippen molar-refractivity contribution < 1.29 is 81.4 Å². The summed E-state index contributed by atoms with van der Waals surface area (Å²) < 4.78 is 39.3. The Bertz CT molecular complexity index is 300. The molecule has 1 fully saturated rings. The van der Waals surface area contributed by atoms with Gasteiger partial charge in [-0.25, -0.2) is 0 Å². The number of hydrogen-bond acceptors (Lipinski definition) is 5. The third-order valence-electron chi connectivity index (χ3n) is 3.28. The van der Waals surface area contributed by atoms with Gasteiger partial charge in [-0.05, 0) is 6.42 Å². The first-order valence-corrected chi connectivity index (χ1v) is 9.05. The van der Waals surface area contributed by atoms with Crippen LogP contribution in [0.5, 0.6) is 0 Å². The van der Waals surface area contributed by atoms with Crippen molar-refractivity contribution in [3.8, 4) is 0 Å². The molecule has 0 spiro atoms. The molecule has 1 aliphatic rings. The van der Waals surface area contributed by atoms with Crippen molar-refractivity contribution in [2.75, 3.05) is 6.61 Å². The van der Waals surface area contributed by atoms with Gasteiger partial charge in [-0.3, -0.25) is 8.42 Å². The molecule has 0 aromatic rings. The summed E-state index contributed by atoms with van der Waals surface area (Å²) in [5.41, 5.74) is 0. The summed E-state index contributed by atoms with van der Waals surface area (Å²) in [4.78, 5) is 0. The van der Waals surface area contributed by atoms with Gasteiger partial charge in [-0.15, -0.1) is 0 Å². The largest absolute Gasteiger partial charge is 1.00 e. The van der Waals surface area contributed by atoms with Crippen LogP contribution in [0.15, 0.2) is 0 Å². The number of rotatable bonds is 11. The predicted molar refractivity (Wildman–Crippen MR) is 76.7 cm³/mol. The molecular formula is C14H28Na2O5S. The fourth-order valence-electron chi connectivity index (χ4n) is 2.09. The quantitative estimate of drug-likeness (QED) is 0.133. The van der Waals surface area contributed by atoms with E-state index < -0.39 is 10.4 Å². The molecule has 1 heterocycles. The molecule has 0 saturated carbocycles. The van der Waals surface area contributed by atoms with Crippen LogP contribution in [-0.2, 0) is 15.1 Å². The maximum atomic E-state index is 8.52. The van der Waals surface area contributed by atoms with Gasteiger partial charge in [-0.2, -0.15) is 0 Å². The van der Waals surface area contributed by atoms with E-state index in [0.717, 1.165) is 6.61 Å². The van der Waals surface area contributed by atoms with Crippen LogP contribution in [0.1, 0.15) is 77.6 Å². The Hall–Kier alpha value is 1.83. The molecule has 1 atom stereocenters. The van der Waals surface area contributed by atoms with Gasteiger partial charge in [0.05, 0.1) is 12.7 Å². The van der Waals surface area contributed by atoms with E-state index in [1.54, 1.807) is 0 Å². The van der Waals surface area contributed by atoms with Crippen molar-refractivity contribution in [1.29, 1.82) is 0 Å². The molecule has 0 aromatic heterocycles. The Morgan fingerprint density at radius 3 is 1.50 bits per heavy atom. The molecule has 0 amide bonds. The van der Waals surface area contributed by atoms with Crippen molar-refractivity contribution >= 4 is 10.4 Å². The third-order valence-corrected chi connectivity index (χ3v) is 3.28. The maximum Gasteiger partial charge on any atom is 1.00 e. The molecule has 0 radical (unpaired) electrons. The second-order valence-electron chi connectivity index (χ2n) is 5.33. The Morgan fingerprint density at radius 1 is 0.864 bits per heavy atom. The molecule has 5 nitrogen and oxygen atoms in total. The van der Waals surface area contributed by atoms with Gasteiger partial charge < -0.3 is 13.8 Å². The fourth-order valence-corrected chi connectivity index (χ4v) is 2.09. The monoisotopic (exact) mass is 354 g/mol. The van der Waals surface area contributed by atoms with E-state index in [9.17, 15) is 0 Å². The smallest absolute Gasteiger partial charge is 0.759 e. The van der Waals surface area contributed by atoms with Gasteiger partial charge >= 0.3 is 59.1 Å². The first-order chi connectivity index (χ1) is 9.43. The summed E-state index contributed by atoms with van der Waals surface area (Å²) in [6.07, 6.45) is 16.3. The van der Waals surface area contributed by atoms with Gasteiger partial charge in [0.2, 0.25) is 0 Å². The minimum atomic E-state index is -5.17. The first kappa shape index (κ1) is 28.6. The molecule has 1 aliphatic heterocycles. The van der Waals surface area contributed by atoms with Gasteiger partial charge in [0.15, 0.2) is 0 Å². The third kappa shape index (κ3) is 33.4. The Labute approximate surface area is 180 Å². The average Bonchev–Trinajstić information content (AvgIpc) is 3.13. The minimum absolute atomic E-state index is 0. The zero-order chi connectivity index (χ0) is 15.3. The number of hydrogen-bond donors (Lipinski definition) is 0. The zero-order valence-electron chi connectivity index (χ0n) is 14.5. The van der Waals surface area contributed by atoms with Crippen LogP contribution in [0.3, 0.4) is 0 Å². The molecule has 1 unspecified atom stereocenters. The average molecular weight is 354 g/mol. The van der Waals surface area contributed by atoms with E-state index in [1.807, 2.05) is 0 Å². The van der Waals surface area contributed by atoms with E-state index >= 15 is 0 Å². The maximum absolute atomic E-state index is 8.52. The summed E-state index contributed by atoms with van der Waals surface area (Å²) in [5.74, 6) is 0. The summed E-state index contributed by atoms with van der Waals surface area (Å²) in [6, 6.07) is 0. The normalized spacial score (nSPS) is 15.9. The first-order valence-electron chi connectivity index (χ1n) is 7.71. The Morgan fingerprint density at radius 2 is 1.18 bits per heavy atom. The molecule has 0 aliphatic carbocycles. The van der Waals surface area contributed by atoms with Crippen LogP contribution in [0, 0.1) is 0 Å². The van der Waals surface area contributed by atoms with Gasteiger partial charge in [-0.1, -0.05) is 71.1 Å². The Kier molecular flexibility index (Phi) is 24.9. The summed E-state index contributed by atoms with van der Waals surface area (Å²) >= 11 is 0. The van der Waals surface area contributed by atoms with Crippen molar-refractivity contribution in [1.82, 2.24) is 0 Å². The van der Waals surface area contributed by atoms with Crippen molar-refractivity contribution in [2.45, 2.75) is 83.7 Å². The molecule has 8 heteroatoms. The summed E-state index contributed by atoms with van der Waals surface area (Å²) in [6.45, 7) is 3.32. The molecule has 122 valence electrons. The van der Waals surface area contributed by atoms with E-state index in [1.165, 1.54) is 70.6 Å². The van der Waals surface area contributed by atoms with E-state index in [0.29, 0.717) is 6.10 Å². The van der Waals surface area contributed by atoms with E-state index in [-0.39, 0.29) is 59.1 Å². The van der Waals surface area contributed by atoms with Gasteiger partial charge in [0.25, 0.3) is 0 Å². The molecular weight excluding hydrogens is 326 g/mol. The van der Waals surface area contributed by atoms with Crippen LogP contribution < -0.4 is 59.1 Å². The summed E-state index contributed by atoms with van der Waals surface area (Å²) in [5, 5.41) is 0. The number of epoxide rings is 1. The van der Waals surface area contributed by atoms with Gasteiger partial charge in [0, 0.05) is 10.4 Å². The Balaban J connectivity index is -0.000000452. The molecule has 1 saturated heterocycles. The van der Waals surface area contributed by atoms with Crippen LogP contribution >= 0.6 is 0 Å². The molecule has 0 N–H and O–H groups in total. The second kappa shape index (κ2) is 19.2. The minimum Gasteiger partial charge on any atom is -0.759 e. The molecule has 1 rings (SSSR count). The molecule has 0 aromatic carbocycles. The molecule has 0 bridgehead atoms. The van der Waals surface area contributed by atoms with E-state index in [2.05, 4.69) is 6.92 Å². The standard InChI is InChI=1S/C14H28O.2Na.H2O4S/c1-2-3-4-5-6-7-8-9-10-11-12-14-13-15-14;;;1-5(2,3)4/h14H,2-13H2,1H3;;;(H2,1,2,3,4)/q;2*+1;/p-2. The number of ether oxygens (including phenoxy) is 1. The fraction of sp³-hybridized carbons (Fsp3) is 1.00. The van der Waals surface area contributed by atoms with Crippen molar-refractivity contribution in [2.24, 2.45) is 0 Å². The van der Waals surface area contributed by atoms with Crippen LogP contribution in [0.25, 0.3) is 0 Å². The molecule has 22 heavy (non-hydrogen) atoms. The second-order valence-corrected chi connectivity index (χ2v) is 6.15. The summed E-state index contributed by atoms with van der Waals surface area (Å²) in [7, 11) is -5.17. The van der Waals surface area contributed by atoms with Gasteiger partial charge in [0.1, 0.15) is 0 Å². The van der Waals surface area contributed by atoms with Crippen LogP contribution in [0.4, 0.5) is 0 Å². The van der Waals surface area contributed by atoms with Crippen LogP contribution in [-0.4, -0.2) is 30.2 Å². The zero-order valence-corrected chi connectivity index (χ0v) is 19.3. The van der Waals surface area contributed by atoms with Crippen molar-refractivity contribution in [3.05, 3.63) is 0 Å².